The van der Waals surface area contributed by atoms with Gasteiger partial charge in [0, 0.05) is 4.88 Å². The van der Waals surface area contributed by atoms with Crippen molar-refractivity contribution in [1.82, 2.24) is 4.98 Å². The fourth-order valence-electron chi connectivity index (χ4n) is 1.27. The third kappa shape index (κ3) is 2.44. The Labute approximate surface area is 107 Å². The van der Waals surface area contributed by atoms with Gasteiger partial charge in [-0.05, 0) is 54.4 Å². The quantitative estimate of drug-likeness (QED) is 0.807. The van der Waals surface area contributed by atoms with Crippen molar-refractivity contribution in [3.05, 3.63) is 38.8 Å². The summed E-state index contributed by atoms with van der Waals surface area (Å²) >= 11 is 5.05. The maximum Gasteiger partial charge on any atom is 0.279 e. The Morgan fingerprint density at radius 2 is 2.00 bits per heavy atom. The maximum absolute atomic E-state index is 5.73. The van der Waals surface area contributed by atoms with E-state index >= 15 is 0 Å². The van der Waals surface area contributed by atoms with Crippen LogP contribution in [0.15, 0.2) is 22.7 Å². The molecule has 0 saturated carbocycles. The van der Waals surface area contributed by atoms with Crippen LogP contribution in [0, 0.1) is 20.8 Å². The Morgan fingerprint density at radius 3 is 2.56 bits per heavy atom. The zero-order valence-electron chi connectivity index (χ0n) is 9.37. The van der Waals surface area contributed by atoms with E-state index in [1.165, 1.54) is 10.4 Å². The number of nitrogens with zero attached hydrogens (tertiary/aromatic N) is 1. The average Bonchev–Trinajstić information content (AvgIpc) is 2.51. The summed E-state index contributed by atoms with van der Waals surface area (Å²) in [7, 11) is 0. The summed E-state index contributed by atoms with van der Waals surface area (Å²) in [6.07, 6.45) is 0. The van der Waals surface area contributed by atoms with Crippen molar-refractivity contribution in [3.8, 4) is 10.9 Å². The van der Waals surface area contributed by atoms with Gasteiger partial charge in [0.05, 0.1) is 10.2 Å². The first kappa shape index (κ1) is 11.6. The Kier molecular flexibility index (Phi) is 3.30. The molecule has 1 heterocycles. The van der Waals surface area contributed by atoms with Gasteiger partial charge < -0.3 is 4.74 Å². The number of thiazole rings is 1. The highest BCUT2D eigenvalue weighted by Gasteiger charge is 2.08. The van der Waals surface area contributed by atoms with E-state index in [-0.39, 0.29) is 0 Å². The smallest absolute Gasteiger partial charge is 0.279 e. The molecule has 0 aliphatic carbocycles. The fraction of sp³-hybridized carbons (Fsp3) is 0.250. The molecule has 0 saturated heterocycles. The number of hydrogen-bond acceptors (Lipinski definition) is 3. The number of aromatic nitrogens is 1. The molecule has 2 nitrogen and oxygen atoms in total. The first-order valence-corrected chi connectivity index (χ1v) is 6.55. The predicted octanol–water partition coefficient (Wildman–Crippen LogP) is 4.62. The molecule has 0 radical (unpaired) electrons. The minimum absolute atomic E-state index is 0.694. The molecule has 4 heteroatoms. The number of rotatable bonds is 2. The number of ether oxygens (including phenoxy) is 1. The summed E-state index contributed by atoms with van der Waals surface area (Å²) in [5.41, 5.74) is 2.23. The molecule has 1 aromatic heterocycles. The molecule has 0 fully saturated rings. The molecule has 16 heavy (non-hydrogen) atoms. The number of aryl methyl sites for hydroxylation is 3. The van der Waals surface area contributed by atoms with Crippen molar-refractivity contribution in [2.75, 3.05) is 0 Å². The van der Waals surface area contributed by atoms with E-state index in [4.69, 9.17) is 4.74 Å². The molecule has 0 aliphatic rings. The van der Waals surface area contributed by atoms with Crippen molar-refractivity contribution >= 4 is 27.3 Å². The topological polar surface area (TPSA) is 22.1 Å². The Balaban J connectivity index is 2.27. The summed E-state index contributed by atoms with van der Waals surface area (Å²) < 4.78 is 6.68. The van der Waals surface area contributed by atoms with Crippen LogP contribution in [0.5, 0.6) is 10.9 Å². The molecular formula is C12H12BrNOS. The number of benzene rings is 1. The fourth-order valence-corrected chi connectivity index (χ4v) is 2.61. The third-order valence-corrected chi connectivity index (χ3v) is 3.86. The van der Waals surface area contributed by atoms with Gasteiger partial charge >= 0.3 is 0 Å². The lowest BCUT2D eigenvalue weighted by Crippen LogP contribution is -1.85. The van der Waals surface area contributed by atoms with E-state index in [0.717, 1.165) is 15.9 Å². The zero-order valence-corrected chi connectivity index (χ0v) is 11.8. The minimum atomic E-state index is 0.694. The Hall–Kier alpha value is -0.870. The van der Waals surface area contributed by atoms with Crippen molar-refractivity contribution in [3.63, 3.8) is 0 Å². The first-order chi connectivity index (χ1) is 7.56. The van der Waals surface area contributed by atoms with Crippen LogP contribution in [-0.4, -0.2) is 4.98 Å². The second-order valence-electron chi connectivity index (χ2n) is 3.66. The van der Waals surface area contributed by atoms with Gasteiger partial charge in [0.25, 0.3) is 5.19 Å². The second kappa shape index (κ2) is 4.55. The van der Waals surface area contributed by atoms with E-state index in [9.17, 15) is 0 Å². The molecule has 0 aliphatic heterocycles. The van der Waals surface area contributed by atoms with Gasteiger partial charge in [0.15, 0.2) is 0 Å². The molecule has 0 bridgehead atoms. The van der Waals surface area contributed by atoms with Crippen molar-refractivity contribution in [2.45, 2.75) is 20.8 Å². The normalized spacial score (nSPS) is 10.5. The number of hydrogen-bond donors (Lipinski definition) is 0. The van der Waals surface area contributed by atoms with Crippen molar-refractivity contribution in [2.24, 2.45) is 0 Å². The van der Waals surface area contributed by atoms with Crippen LogP contribution >= 0.6 is 27.3 Å². The van der Waals surface area contributed by atoms with Crippen molar-refractivity contribution < 1.29 is 4.74 Å². The monoisotopic (exact) mass is 297 g/mol. The van der Waals surface area contributed by atoms with Crippen LogP contribution in [0.3, 0.4) is 0 Å². The van der Waals surface area contributed by atoms with E-state index in [1.54, 1.807) is 11.3 Å². The van der Waals surface area contributed by atoms with Crippen LogP contribution < -0.4 is 4.74 Å². The van der Waals surface area contributed by atoms with Crippen molar-refractivity contribution in [1.29, 1.82) is 0 Å². The lowest BCUT2D eigenvalue weighted by Gasteiger charge is -2.04. The average molecular weight is 298 g/mol. The van der Waals surface area contributed by atoms with Crippen LogP contribution in [0.4, 0.5) is 0 Å². The highest BCUT2D eigenvalue weighted by molar-refractivity contribution is 9.10. The highest BCUT2D eigenvalue weighted by Crippen LogP contribution is 2.33. The van der Waals surface area contributed by atoms with E-state index in [1.807, 2.05) is 39.0 Å². The molecule has 0 N–H and O–H groups in total. The lowest BCUT2D eigenvalue weighted by molar-refractivity contribution is 0.475. The van der Waals surface area contributed by atoms with Gasteiger partial charge in [-0.15, -0.1) is 0 Å². The lowest BCUT2D eigenvalue weighted by atomic mass is 10.2. The van der Waals surface area contributed by atoms with Gasteiger partial charge in [-0.3, -0.25) is 0 Å². The van der Waals surface area contributed by atoms with Crippen LogP contribution in [0.1, 0.15) is 16.1 Å². The predicted molar refractivity (Wildman–Crippen MR) is 70.5 cm³/mol. The molecule has 0 spiro atoms. The van der Waals surface area contributed by atoms with Gasteiger partial charge in [0.2, 0.25) is 0 Å². The van der Waals surface area contributed by atoms with E-state index in [2.05, 4.69) is 20.9 Å². The van der Waals surface area contributed by atoms with E-state index in [0.29, 0.717) is 5.19 Å². The Bertz CT molecular complexity index is 502. The largest absolute Gasteiger partial charge is 0.430 e. The molecule has 0 unspecified atom stereocenters. The molecule has 0 amide bonds. The summed E-state index contributed by atoms with van der Waals surface area (Å²) in [4.78, 5) is 5.54. The molecule has 0 atom stereocenters. The molecule has 1 aromatic carbocycles. The van der Waals surface area contributed by atoms with Gasteiger partial charge in [-0.2, -0.15) is 0 Å². The van der Waals surface area contributed by atoms with Crippen LogP contribution in [0.2, 0.25) is 0 Å². The second-order valence-corrected chi connectivity index (χ2v) is 5.68. The van der Waals surface area contributed by atoms with E-state index < -0.39 is 0 Å². The van der Waals surface area contributed by atoms with Crippen LogP contribution in [-0.2, 0) is 0 Å². The summed E-state index contributed by atoms with van der Waals surface area (Å²) in [6.45, 7) is 6.08. The van der Waals surface area contributed by atoms with Gasteiger partial charge in [-0.1, -0.05) is 17.4 Å². The molecule has 2 rings (SSSR count). The maximum atomic E-state index is 5.73. The standard InChI is InChI=1S/C12H12BrNOS/c1-7-4-5-11(10(13)6-7)15-12-14-8(2)9(3)16-12/h4-6H,1-3H3. The molecular weight excluding hydrogens is 286 g/mol. The summed E-state index contributed by atoms with van der Waals surface area (Å²) in [5, 5.41) is 0.694. The van der Waals surface area contributed by atoms with Gasteiger partial charge in [0.1, 0.15) is 5.75 Å². The summed E-state index contributed by atoms with van der Waals surface area (Å²) in [6, 6.07) is 6.00. The molecule has 2 aromatic rings. The first-order valence-electron chi connectivity index (χ1n) is 4.94. The minimum Gasteiger partial charge on any atom is -0.430 e. The summed E-state index contributed by atoms with van der Waals surface area (Å²) in [5.74, 6) is 0.805. The molecule has 84 valence electrons. The Morgan fingerprint density at radius 1 is 1.25 bits per heavy atom. The van der Waals surface area contributed by atoms with Gasteiger partial charge in [-0.25, -0.2) is 4.98 Å². The van der Waals surface area contributed by atoms with Crippen LogP contribution in [0.25, 0.3) is 0 Å². The highest BCUT2D eigenvalue weighted by atomic mass is 79.9. The SMILES string of the molecule is Cc1ccc(Oc2nc(C)c(C)s2)c(Br)c1. The zero-order chi connectivity index (χ0) is 11.7. The third-order valence-electron chi connectivity index (χ3n) is 2.29. The number of halogens is 1.